The van der Waals surface area contributed by atoms with E-state index >= 15 is 0 Å². The van der Waals surface area contributed by atoms with Crippen molar-refractivity contribution in [2.24, 2.45) is 0 Å². The molecule has 1 aliphatic heterocycles. The van der Waals surface area contributed by atoms with Crippen molar-refractivity contribution in [1.29, 1.82) is 0 Å². The second-order valence-corrected chi connectivity index (χ2v) is 12.3. The van der Waals surface area contributed by atoms with Gasteiger partial charge < -0.3 is 23.0 Å². The molecule has 1 fully saturated rings. The van der Waals surface area contributed by atoms with Gasteiger partial charge in [0.2, 0.25) is 0 Å². The summed E-state index contributed by atoms with van der Waals surface area (Å²) in [5.41, 5.74) is 3.95. The SMILES string of the molecule is Cc1cc(C)c(C=C[C@]2(CC(=O)OCc3oc(=O)oc3C(C)(C)C)CCOC(C)(C)O2)c(-c2ccc(F)c(C)c2)c1. The van der Waals surface area contributed by atoms with Crippen LogP contribution in [0.2, 0.25) is 0 Å². The van der Waals surface area contributed by atoms with Crippen molar-refractivity contribution in [2.75, 3.05) is 6.61 Å². The lowest BCUT2D eigenvalue weighted by Crippen LogP contribution is -2.49. The Morgan fingerprint density at radius 1 is 1.07 bits per heavy atom. The normalized spacial score (nSPS) is 19.0. The number of rotatable bonds is 7. The first-order chi connectivity index (χ1) is 19.1. The standard InChI is InChI=1S/C33H39FO7/c1-20-15-21(2)24(25(16-20)23-9-10-26(34)22(3)17-23)11-12-33(13-14-38-32(7,8)41-33)18-28(35)37-19-27-29(31(4,5)6)40-30(36)39-27/h9-12,15-17H,13-14,18-19H2,1-8H3/t33-/m1/s1. The van der Waals surface area contributed by atoms with Gasteiger partial charge in [-0.2, -0.15) is 0 Å². The van der Waals surface area contributed by atoms with Crippen molar-refractivity contribution in [1.82, 2.24) is 0 Å². The van der Waals surface area contributed by atoms with Crippen LogP contribution in [0, 0.1) is 26.6 Å². The zero-order valence-electron chi connectivity index (χ0n) is 25.1. The molecule has 220 valence electrons. The van der Waals surface area contributed by atoms with Crippen LogP contribution in [0.4, 0.5) is 4.39 Å². The maximum absolute atomic E-state index is 14.0. The summed E-state index contributed by atoms with van der Waals surface area (Å²) in [6.07, 6.45) is 4.20. The monoisotopic (exact) mass is 566 g/mol. The number of benzene rings is 2. The molecule has 41 heavy (non-hydrogen) atoms. The number of halogens is 1. The molecule has 2 aromatic carbocycles. The Morgan fingerprint density at radius 3 is 2.46 bits per heavy atom. The molecular weight excluding hydrogens is 527 g/mol. The van der Waals surface area contributed by atoms with Crippen LogP contribution in [0.15, 0.2) is 50.0 Å². The van der Waals surface area contributed by atoms with Crippen LogP contribution < -0.4 is 5.82 Å². The average molecular weight is 567 g/mol. The molecule has 8 heteroatoms. The molecule has 0 bridgehead atoms. The maximum Gasteiger partial charge on any atom is 0.519 e. The molecular formula is C33H39FO7. The highest BCUT2D eigenvalue weighted by molar-refractivity contribution is 5.79. The van der Waals surface area contributed by atoms with E-state index in [9.17, 15) is 14.0 Å². The minimum Gasteiger partial charge on any atom is -0.457 e. The van der Waals surface area contributed by atoms with Gasteiger partial charge in [-0.25, -0.2) is 9.18 Å². The summed E-state index contributed by atoms with van der Waals surface area (Å²) in [5.74, 6) is -2.02. The van der Waals surface area contributed by atoms with Crippen LogP contribution in [0.1, 0.15) is 81.2 Å². The molecule has 1 aliphatic rings. The van der Waals surface area contributed by atoms with E-state index in [1.807, 2.05) is 52.8 Å². The summed E-state index contributed by atoms with van der Waals surface area (Å²) in [6, 6.07) is 9.24. The topological polar surface area (TPSA) is 88.1 Å². The smallest absolute Gasteiger partial charge is 0.457 e. The minimum absolute atomic E-state index is 0.0842. The highest BCUT2D eigenvalue weighted by Crippen LogP contribution is 2.37. The van der Waals surface area contributed by atoms with E-state index in [0.29, 0.717) is 24.4 Å². The molecule has 4 rings (SSSR count). The van der Waals surface area contributed by atoms with E-state index in [4.69, 9.17) is 23.0 Å². The zero-order chi connectivity index (χ0) is 30.2. The highest BCUT2D eigenvalue weighted by Gasteiger charge is 2.42. The Balaban J connectivity index is 1.65. The highest BCUT2D eigenvalue weighted by atomic mass is 19.1. The molecule has 0 spiro atoms. The van der Waals surface area contributed by atoms with E-state index < -0.39 is 28.6 Å². The van der Waals surface area contributed by atoms with E-state index in [2.05, 4.69) is 12.1 Å². The summed E-state index contributed by atoms with van der Waals surface area (Å²) in [4.78, 5) is 24.9. The molecule has 0 saturated carbocycles. The molecule has 0 amide bonds. The minimum atomic E-state index is -1.02. The molecule has 0 unspecified atom stereocenters. The molecule has 3 aromatic rings. The van der Waals surface area contributed by atoms with Crippen LogP contribution in [-0.2, 0) is 31.0 Å². The van der Waals surface area contributed by atoms with E-state index in [-0.39, 0.29) is 24.6 Å². The van der Waals surface area contributed by atoms with Gasteiger partial charge in [0.1, 0.15) is 11.4 Å². The van der Waals surface area contributed by atoms with Gasteiger partial charge in [-0.05, 0) is 74.6 Å². The molecule has 1 aromatic heterocycles. The Morgan fingerprint density at radius 2 is 1.80 bits per heavy atom. The van der Waals surface area contributed by atoms with E-state index in [0.717, 1.165) is 27.8 Å². The Kier molecular flexibility index (Phi) is 8.48. The number of carbonyl (C=O) groups excluding carboxylic acids is 1. The van der Waals surface area contributed by atoms with E-state index in [1.165, 1.54) is 6.07 Å². The first kappa shape index (κ1) is 30.5. The third-order valence-electron chi connectivity index (χ3n) is 7.11. The van der Waals surface area contributed by atoms with Crippen LogP contribution in [0.3, 0.4) is 0 Å². The van der Waals surface area contributed by atoms with Crippen molar-refractivity contribution >= 4 is 12.0 Å². The quantitative estimate of drug-likeness (QED) is 0.277. The predicted molar refractivity (Wildman–Crippen MR) is 154 cm³/mol. The van der Waals surface area contributed by atoms with Gasteiger partial charge in [0.25, 0.3) is 0 Å². The van der Waals surface area contributed by atoms with Crippen molar-refractivity contribution < 1.29 is 32.2 Å². The lowest BCUT2D eigenvalue weighted by molar-refractivity contribution is -0.297. The number of hydrogen-bond donors (Lipinski definition) is 0. The largest absolute Gasteiger partial charge is 0.519 e. The third kappa shape index (κ3) is 7.24. The summed E-state index contributed by atoms with van der Waals surface area (Å²) in [6.45, 7) is 15.2. The van der Waals surface area contributed by atoms with Crippen molar-refractivity contribution in [3.63, 3.8) is 0 Å². The van der Waals surface area contributed by atoms with Gasteiger partial charge in [0.05, 0.1) is 13.0 Å². The Hall–Kier alpha value is -3.49. The van der Waals surface area contributed by atoms with Gasteiger partial charge in [-0.15, -0.1) is 0 Å². The Labute approximate surface area is 240 Å². The van der Waals surface area contributed by atoms with Crippen LogP contribution in [0.25, 0.3) is 17.2 Å². The summed E-state index contributed by atoms with van der Waals surface area (Å²) < 4.78 is 42.1. The second kappa shape index (κ2) is 11.4. The van der Waals surface area contributed by atoms with Gasteiger partial charge in [-0.3, -0.25) is 4.79 Å². The van der Waals surface area contributed by atoms with Crippen molar-refractivity contribution in [2.45, 2.75) is 91.6 Å². The van der Waals surface area contributed by atoms with Crippen LogP contribution in [0.5, 0.6) is 0 Å². The maximum atomic E-state index is 14.0. The first-order valence-electron chi connectivity index (χ1n) is 13.8. The molecule has 1 atom stereocenters. The van der Waals surface area contributed by atoms with Crippen molar-refractivity contribution in [3.05, 3.63) is 86.6 Å². The molecule has 0 aliphatic carbocycles. The molecule has 0 radical (unpaired) electrons. The van der Waals surface area contributed by atoms with Crippen LogP contribution >= 0.6 is 0 Å². The molecule has 2 heterocycles. The van der Waals surface area contributed by atoms with E-state index in [1.54, 1.807) is 26.8 Å². The molecule has 0 N–H and O–H groups in total. The average Bonchev–Trinajstić information content (AvgIpc) is 3.24. The fourth-order valence-electron chi connectivity index (χ4n) is 5.24. The second-order valence-electron chi connectivity index (χ2n) is 12.3. The van der Waals surface area contributed by atoms with Gasteiger partial charge in [0, 0.05) is 11.8 Å². The number of carbonyl (C=O) groups is 1. The number of esters is 1. The van der Waals surface area contributed by atoms with Gasteiger partial charge in [0.15, 0.2) is 23.9 Å². The first-order valence-corrected chi connectivity index (χ1v) is 13.8. The summed E-state index contributed by atoms with van der Waals surface area (Å²) >= 11 is 0. The van der Waals surface area contributed by atoms with Crippen LogP contribution in [-0.4, -0.2) is 24.0 Å². The summed E-state index contributed by atoms with van der Waals surface area (Å²) in [5, 5.41) is 0. The third-order valence-corrected chi connectivity index (χ3v) is 7.11. The van der Waals surface area contributed by atoms with Gasteiger partial charge in [-0.1, -0.05) is 56.7 Å². The number of hydrogen-bond acceptors (Lipinski definition) is 7. The lowest BCUT2D eigenvalue weighted by atomic mass is 9.89. The molecule has 1 saturated heterocycles. The predicted octanol–water partition coefficient (Wildman–Crippen LogP) is 7.32. The molecule has 7 nitrogen and oxygen atoms in total. The summed E-state index contributed by atoms with van der Waals surface area (Å²) in [7, 11) is 0. The zero-order valence-corrected chi connectivity index (χ0v) is 25.1. The number of ether oxygens (including phenoxy) is 3. The fraction of sp³-hybridized carbons (Fsp3) is 0.455. The number of aryl methyl sites for hydroxylation is 3. The van der Waals surface area contributed by atoms with Crippen molar-refractivity contribution in [3.8, 4) is 11.1 Å². The van der Waals surface area contributed by atoms with Gasteiger partial charge >= 0.3 is 11.8 Å². The fourth-order valence-corrected chi connectivity index (χ4v) is 5.24. The lowest BCUT2D eigenvalue weighted by Gasteiger charge is -2.43. The Bertz CT molecular complexity index is 1520.